The van der Waals surface area contributed by atoms with Crippen LogP contribution in [0.15, 0.2) is 47.5 Å². The van der Waals surface area contributed by atoms with Gasteiger partial charge in [-0.3, -0.25) is 9.79 Å². The Kier molecular flexibility index (Phi) is 8.34. The molecule has 1 amide bonds. The topological polar surface area (TPSA) is 74.8 Å². The molecule has 6 heteroatoms. The fourth-order valence-corrected chi connectivity index (χ4v) is 2.92. The summed E-state index contributed by atoms with van der Waals surface area (Å²) in [5.41, 5.74) is 4.42. The molecule has 0 aliphatic rings. The summed E-state index contributed by atoms with van der Waals surface area (Å²) in [5, 5.41) is 9.44. The summed E-state index contributed by atoms with van der Waals surface area (Å²) < 4.78 is 5.43. The summed E-state index contributed by atoms with van der Waals surface area (Å²) in [4.78, 5) is 15.3. The first-order chi connectivity index (χ1) is 13.5. The lowest BCUT2D eigenvalue weighted by Gasteiger charge is -2.14. The molecule has 0 atom stereocenters. The number of hydrogen-bond donors (Lipinski definition) is 3. The number of amides is 1. The van der Waals surface area contributed by atoms with Crippen molar-refractivity contribution in [2.75, 3.05) is 32.6 Å². The van der Waals surface area contributed by atoms with Crippen molar-refractivity contribution >= 4 is 17.6 Å². The van der Waals surface area contributed by atoms with E-state index in [1.165, 1.54) is 23.6 Å². The number of aliphatic imine (C=N–C) groups is 1. The number of aryl methyl sites for hydroxylation is 1. The molecule has 3 N–H and O–H groups in total. The summed E-state index contributed by atoms with van der Waals surface area (Å²) in [7, 11) is 3.47. The van der Waals surface area contributed by atoms with Crippen molar-refractivity contribution in [1.29, 1.82) is 0 Å². The quantitative estimate of drug-likeness (QED) is 0.485. The molecule has 0 unspecified atom stereocenters. The van der Waals surface area contributed by atoms with Crippen LogP contribution in [0.25, 0.3) is 0 Å². The zero-order chi connectivity index (χ0) is 20.4. The molecule has 0 fully saturated rings. The van der Waals surface area contributed by atoms with Gasteiger partial charge in [-0.05, 0) is 49.1 Å². The summed E-state index contributed by atoms with van der Waals surface area (Å²) in [6.45, 7) is 5.13. The number of guanidine groups is 1. The molecule has 0 aliphatic heterocycles. The van der Waals surface area contributed by atoms with Gasteiger partial charge in [0.1, 0.15) is 5.75 Å². The third kappa shape index (κ3) is 6.95. The lowest BCUT2D eigenvalue weighted by atomic mass is 10.1. The van der Waals surface area contributed by atoms with Crippen LogP contribution in [0.5, 0.6) is 5.75 Å². The van der Waals surface area contributed by atoms with E-state index in [0.29, 0.717) is 0 Å². The Morgan fingerprint density at radius 3 is 2.32 bits per heavy atom. The van der Waals surface area contributed by atoms with Crippen LogP contribution in [0.2, 0.25) is 0 Å². The summed E-state index contributed by atoms with van der Waals surface area (Å²) in [5.74, 6) is 1.63. The van der Waals surface area contributed by atoms with Crippen molar-refractivity contribution < 1.29 is 9.53 Å². The van der Waals surface area contributed by atoms with Crippen molar-refractivity contribution in [3.05, 3.63) is 59.2 Å². The van der Waals surface area contributed by atoms with Crippen LogP contribution in [0.1, 0.15) is 23.6 Å². The SMILES string of the molecule is CN=C(NCCc1ccc(NC(C)=O)cc1)NCCc1cc(C)ccc1OC. The molecule has 2 rings (SSSR count). The molecule has 28 heavy (non-hydrogen) atoms. The molecule has 150 valence electrons. The molecular weight excluding hydrogens is 352 g/mol. The summed E-state index contributed by atoms with van der Waals surface area (Å²) in [6, 6.07) is 14.1. The Morgan fingerprint density at radius 1 is 1.04 bits per heavy atom. The molecule has 0 aliphatic carbocycles. The number of methoxy groups -OCH3 is 1. The number of carbonyl (C=O) groups is 1. The number of nitrogens with zero attached hydrogens (tertiary/aromatic N) is 1. The van der Waals surface area contributed by atoms with E-state index in [-0.39, 0.29) is 5.91 Å². The van der Waals surface area contributed by atoms with Crippen LogP contribution < -0.4 is 20.7 Å². The minimum Gasteiger partial charge on any atom is -0.496 e. The number of benzene rings is 2. The van der Waals surface area contributed by atoms with Crippen LogP contribution in [-0.4, -0.2) is 39.1 Å². The smallest absolute Gasteiger partial charge is 0.221 e. The first-order valence-electron chi connectivity index (χ1n) is 9.46. The normalized spacial score (nSPS) is 11.1. The second-order valence-corrected chi connectivity index (χ2v) is 6.62. The van der Waals surface area contributed by atoms with Crippen molar-refractivity contribution in [3.63, 3.8) is 0 Å². The van der Waals surface area contributed by atoms with Crippen LogP contribution in [0.3, 0.4) is 0 Å². The number of hydrogen-bond acceptors (Lipinski definition) is 3. The van der Waals surface area contributed by atoms with Crippen molar-refractivity contribution in [2.24, 2.45) is 4.99 Å². The molecule has 0 bridgehead atoms. The molecule has 0 radical (unpaired) electrons. The van der Waals surface area contributed by atoms with Gasteiger partial charge in [0.2, 0.25) is 5.91 Å². The van der Waals surface area contributed by atoms with E-state index in [0.717, 1.165) is 43.3 Å². The first-order valence-corrected chi connectivity index (χ1v) is 9.46. The standard InChI is InChI=1S/C22H30N4O2/c1-16-5-10-21(28-4)19(15-16)12-14-25-22(23-3)24-13-11-18-6-8-20(9-7-18)26-17(2)27/h5-10,15H,11-14H2,1-4H3,(H,26,27)(H2,23,24,25). The zero-order valence-electron chi connectivity index (χ0n) is 17.1. The number of carbonyl (C=O) groups excluding carboxylic acids is 1. The molecule has 0 saturated carbocycles. The predicted octanol–water partition coefficient (Wildman–Crippen LogP) is 2.91. The first kappa shape index (κ1) is 21.3. The Balaban J connectivity index is 1.76. The Labute approximate surface area is 167 Å². The Bertz CT molecular complexity index is 801. The van der Waals surface area contributed by atoms with Gasteiger partial charge in [-0.1, -0.05) is 29.8 Å². The average Bonchev–Trinajstić information content (AvgIpc) is 2.68. The van der Waals surface area contributed by atoms with E-state index >= 15 is 0 Å². The number of ether oxygens (including phenoxy) is 1. The van der Waals surface area contributed by atoms with Gasteiger partial charge in [0.25, 0.3) is 0 Å². The zero-order valence-corrected chi connectivity index (χ0v) is 17.1. The van der Waals surface area contributed by atoms with E-state index in [1.54, 1.807) is 14.2 Å². The number of anilines is 1. The summed E-state index contributed by atoms with van der Waals surface area (Å²) in [6.07, 6.45) is 1.73. The number of rotatable bonds is 8. The second-order valence-electron chi connectivity index (χ2n) is 6.62. The Hall–Kier alpha value is -3.02. The van der Waals surface area contributed by atoms with E-state index in [1.807, 2.05) is 30.3 Å². The molecule has 0 spiro atoms. The minimum absolute atomic E-state index is 0.0624. The van der Waals surface area contributed by atoms with E-state index in [2.05, 4.69) is 40.0 Å². The van der Waals surface area contributed by atoms with E-state index < -0.39 is 0 Å². The van der Waals surface area contributed by atoms with Gasteiger partial charge in [0.05, 0.1) is 7.11 Å². The molecule has 0 heterocycles. The van der Waals surface area contributed by atoms with Gasteiger partial charge in [-0.15, -0.1) is 0 Å². The lowest BCUT2D eigenvalue weighted by Crippen LogP contribution is -2.39. The maximum absolute atomic E-state index is 11.1. The highest BCUT2D eigenvalue weighted by Crippen LogP contribution is 2.19. The maximum atomic E-state index is 11.1. The highest BCUT2D eigenvalue weighted by molar-refractivity contribution is 5.88. The van der Waals surface area contributed by atoms with Gasteiger partial charge in [0, 0.05) is 32.7 Å². The highest BCUT2D eigenvalue weighted by atomic mass is 16.5. The maximum Gasteiger partial charge on any atom is 0.221 e. The largest absolute Gasteiger partial charge is 0.496 e. The fraction of sp³-hybridized carbons (Fsp3) is 0.364. The molecule has 6 nitrogen and oxygen atoms in total. The van der Waals surface area contributed by atoms with Gasteiger partial charge < -0.3 is 20.7 Å². The molecule has 2 aromatic carbocycles. The average molecular weight is 383 g/mol. The predicted molar refractivity (Wildman–Crippen MR) is 115 cm³/mol. The summed E-state index contributed by atoms with van der Waals surface area (Å²) >= 11 is 0. The van der Waals surface area contributed by atoms with Crippen molar-refractivity contribution in [3.8, 4) is 5.75 Å². The van der Waals surface area contributed by atoms with Crippen LogP contribution in [0.4, 0.5) is 5.69 Å². The van der Waals surface area contributed by atoms with Crippen LogP contribution in [0, 0.1) is 6.92 Å². The van der Waals surface area contributed by atoms with Gasteiger partial charge >= 0.3 is 0 Å². The van der Waals surface area contributed by atoms with Gasteiger partial charge in [-0.25, -0.2) is 0 Å². The lowest BCUT2D eigenvalue weighted by molar-refractivity contribution is -0.114. The molecular formula is C22H30N4O2. The van der Waals surface area contributed by atoms with Crippen LogP contribution in [-0.2, 0) is 17.6 Å². The monoisotopic (exact) mass is 382 g/mol. The van der Waals surface area contributed by atoms with E-state index in [4.69, 9.17) is 4.74 Å². The van der Waals surface area contributed by atoms with E-state index in [9.17, 15) is 4.79 Å². The highest BCUT2D eigenvalue weighted by Gasteiger charge is 2.04. The molecule has 0 saturated heterocycles. The van der Waals surface area contributed by atoms with Gasteiger partial charge in [0.15, 0.2) is 5.96 Å². The minimum atomic E-state index is -0.0624. The van der Waals surface area contributed by atoms with Gasteiger partial charge in [-0.2, -0.15) is 0 Å². The van der Waals surface area contributed by atoms with Crippen molar-refractivity contribution in [1.82, 2.24) is 10.6 Å². The molecule has 2 aromatic rings. The second kappa shape index (κ2) is 11.0. The van der Waals surface area contributed by atoms with Crippen LogP contribution >= 0.6 is 0 Å². The van der Waals surface area contributed by atoms with Crippen molar-refractivity contribution in [2.45, 2.75) is 26.7 Å². The molecule has 0 aromatic heterocycles. The third-order valence-corrected chi connectivity index (χ3v) is 4.33. The fourth-order valence-electron chi connectivity index (χ4n) is 2.92. The Morgan fingerprint density at radius 2 is 1.71 bits per heavy atom. The third-order valence-electron chi connectivity index (χ3n) is 4.33. The number of nitrogens with one attached hydrogen (secondary N) is 3.